The molecule has 18 heavy (non-hydrogen) atoms. The smallest absolute Gasteiger partial charge is 0.136 e. The fraction of sp³-hybridized carbons (Fsp3) is 0.667. The third-order valence-corrected chi connectivity index (χ3v) is 6.13. The van der Waals surface area contributed by atoms with Crippen molar-refractivity contribution in [3.63, 3.8) is 0 Å². The molecule has 0 aromatic carbocycles. The first-order valence-electron chi connectivity index (χ1n) is 7.16. The SMILES string of the molecule is NC(=NC1C2CC3CC(C2)CC1C3)c1cccs1. The number of hydrogen-bond acceptors (Lipinski definition) is 2. The Morgan fingerprint density at radius 1 is 1.11 bits per heavy atom. The summed E-state index contributed by atoms with van der Waals surface area (Å²) in [5.41, 5.74) is 6.18. The maximum Gasteiger partial charge on any atom is 0.136 e. The molecule has 2 nitrogen and oxygen atoms in total. The van der Waals surface area contributed by atoms with E-state index in [9.17, 15) is 0 Å². The normalized spacial score (nSPS) is 42.4. The Morgan fingerprint density at radius 2 is 1.78 bits per heavy atom. The summed E-state index contributed by atoms with van der Waals surface area (Å²) < 4.78 is 0. The molecule has 4 fully saturated rings. The quantitative estimate of drug-likeness (QED) is 0.643. The van der Waals surface area contributed by atoms with Gasteiger partial charge in [-0.25, -0.2) is 0 Å². The zero-order valence-electron chi connectivity index (χ0n) is 10.6. The van der Waals surface area contributed by atoms with Gasteiger partial charge in [-0.2, -0.15) is 0 Å². The van der Waals surface area contributed by atoms with Gasteiger partial charge in [-0.1, -0.05) is 6.07 Å². The van der Waals surface area contributed by atoms with Gasteiger partial charge < -0.3 is 5.73 Å². The molecule has 0 radical (unpaired) electrons. The Bertz CT molecular complexity index is 435. The van der Waals surface area contributed by atoms with Crippen molar-refractivity contribution in [2.24, 2.45) is 34.4 Å². The molecule has 5 rings (SSSR count). The van der Waals surface area contributed by atoms with Crippen LogP contribution >= 0.6 is 11.3 Å². The standard InChI is InChI=1S/C15H20N2S/c16-15(13-2-1-3-18-13)17-14-11-5-9-4-10(7-11)8-12(14)6-9/h1-3,9-12,14H,4-8H2,(H2,16,17). The number of hydrogen-bond donors (Lipinski definition) is 1. The van der Waals surface area contributed by atoms with Gasteiger partial charge in [0.05, 0.1) is 10.9 Å². The highest BCUT2D eigenvalue weighted by atomic mass is 32.1. The zero-order valence-corrected chi connectivity index (χ0v) is 11.4. The first-order valence-corrected chi connectivity index (χ1v) is 8.04. The van der Waals surface area contributed by atoms with Crippen molar-refractivity contribution in [1.82, 2.24) is 0 Å². The van der Waals surface area contributed by atoms with Crippen LogP contribution in [-0.2, 0) is 0 Å². The largest absolute Gasteiger partial charge is 0.383 e. The Hall–Kier alpha value is -0.830. The molecule has 1 aromatic heterocycles. The number of rotatable bonds is 2. The van der Waals surface area contributed by atoms with Crippen LogP contribution in [0.25, 0.3) is 0 Å². The van der Waals surface area contributed by atoms with Gasteiger partial charge >= 0.3 is 0 Å². The molecule has 4 aliphatic rings. The highest BCUT2D eigenvalue weighted by Gasteiger charge is 2.48. The van der Waals surface area contributed by atoms with E-state index < -0.39 is 0 Å². The van der Waals surface area contributed by atoms with Crippen molar-refractivity contribution in [3.05, 3.63) is 22.4 Å². The van der Waals surface area contributed by atoms with Gasteiger partial charge in [0.25, 0.3) is 0 Å². The number of thiophene rings is 1. The summed E-state index contributed by atoms with van der Waals surface area (Å²) in [6, 6.07) is 4.67. The van der Waals surface area contributed by atoms with E-state index in [1.54, 1.807) is 11.3 Å². The fourth-order valence-corrected chi connectivity index (χ4v) is 5.39. The average molecular weight is 260 g/mol. The Kier molecular flexibility index (Phi) is 2.51. The van der Waals surface area contributed by atoms with Crippen LogP contribution in [0.15, 0.2) is 22.5 Å². The minimum absolute atomic E-state index is 0.528. The van der Waals surface area contributed by atoms with E-state index in [1.165, 1.54) is 32.1 Å². The second kappa shape index (κ2) is 4.09. The van der Waals surface area contributed by atoms with E-state index in [4.69, 9.17) is 10.7 Å². The summed E-state index contributed by atoms with van der Waals surface area (Å²) in [6.07, 6.45) is 7.17. The van der Waals surface area contributed by atoms with Crippen molar-refractivity contribution < 1.29 is 0 Å². The fourth-order valence-electron chi connectivity index (χ4n) is 4.76. The van der Waals surface area contributed by atoms with Crippen LogP contribution in [0, 0.1) is 23.7 Å². The van der Waals surface area contributed by atoms with Gasteiger partial charge in [0, 0.05) is 0 Å². The predicted octanol–water partition coefficient (Wildman–Crippen LogP) is 3.28. The molecule has 4 bridgehead atoms. The van der Waals surface area contributed by atoms with Crippen LogP contribution in [0.2, 0.25) is 0 Å². The van der Waals surface area contributed by atoms with Crippen LogP contribution in [0.3, 0.4) is 0 Å². The van der Waals surface area contributed by atoms with Crippen molar-refractivity contribution in [2.75, 3.05) is 0 Å². The molecule has 96 valence electrons. The molecule has 1 aromatic rings. The molecular formula is C15H20N2S. The van der Waals surface area contributed by atoms with E-state index in [2.05, 4.69) is 17.5 Å². The lowest BCUT2D eigenvalue weighted by Crippen LogP contribution is -2.48. The average Bonchev–Trinajstić information content (AvgIpc) is 2.86. The molecule has 1 heterocycles. The first-order chi connectivity index (χ1) is 8.79. The summed E-state index contributed by atoms with van der Waals surface area (Å²) in [7, 11) is 0. The van der Waals surface area contributed by atoms with E-state index in [1.807, 2.05) is 0 Å². The van der Waals surface area contributed by atoms with Crippen molar-refractivity contribution >= 4 is 17.2 Å². The lowest BCUT2D eigenvalue weighted by Gasteiger charge is -2.53. The van der Waals surface area contributed by atoms with Gasteiger partial charge in [0.2, 0.25) is 0 Å². The van der Waals surface area contributed by atoms with Crippen LogP contribution in [0.5, 0.6) is 0 Å². The minimum Gasteiger partial charge on any atom is -0.383 e. The van der Waals surface area contributed by atoms with Crippen molar-refractivity contribution in [3.8, 4) is 0 Å². The molecule has 2 N–H and O–H groups in total. The molecule has 0 atom stereocenters. The monoisotopic (exact) mass is 260 g/mol. The number of nitrogens with two attached hydrogens (primary N) is 1. The van der Waals surface area contributed by atoms with E-state index in [0.717, 1.165) is 34.4 Å². The molecule has 0 spiro atoms. The van der Waals surface area contributed by atoms with Gasteiger partial charge in [0.15, 0.2) is 0 Å². The molecule has 4 aliphatic carbocycles. The molecule has 0 aliphatic heterocycles. The summed E-state index contributed by atoms with van der Waals surface area (Å²) in [6.45, 7) is 0. The Balaban J connectivity index is 1.60. The zero-order chi connectivity index (χ0) is 12.1. The molecule has 3 heteroatoms. The highest BCUT2D eigenvalue weighted by Crippen LogP contribution is 2.54. The molecule has 4 saturated carbocycles. The van der Waals surface area contributed by atoms with E-state index in [0.29, 0.717) is 6.04 Å². The van der Waals surface area contributed by atoms with Crippen molar-refractivity contribution in [2.45, 2.75) is 38.1 Å². The van der Waals surface area contributed by atoms with E-state index >= 15 is 0 Å². The number of aliphatic imine (C=N–C) groups is 1. The van der Waals surface area contributed by atoms with Crippen LogP contribution in [0.1, 0.15) is 37.0 Å². The third kappa shape index (κ3) is 1.71. The van der Waals surface area contributed by atoms with Crippen LogP contribution < -0.4 is 5.73 Å². The Morgan fingerprint density at radius 3 is 2.33 bits per heavy atom. The summed E-state index contributed by atoms with van der Waals surface area (Å²) in [4.78, 5) is 6.07. The lowest BCUT2D eigenvalue weighted by atomic mass is 9.54. The topological polar surface area (TPSA) is 38.4 Å². The Labute approximate surface area is 112 Å². The molecule has 0 saturated heterocycles. The van der Waals surface area contributed by atoms with Gasteiger partial charge in [-0.15, -0.1) is 11.3 Å². The highest BCUT2D eigenvalue weighted by molar-refractivity contribution is 7.12. The first kappa shape index (κ1) is 11.0. The van der Waals surface area contributed by atoms with Crippen LogP contribution in [0.4, 0.5) is 0 Å². The van der Waals surface area contributed by atoms with Gasteiger partial charge in [-0.3, -0.25) is 4.99 Å². The number of amidine groups is 1. The summed E-state index contributed by atoms with van der Waals surface area (Å²) >= 11 is 1.70. The van der Waals surface area contributed by atoms with Crippen LogP contribution in [-0.4, -0.2) is 11.9 Å². The maximum absolute atomic E-state index is 6.18. The molecule has 0 amide bonds. The third-order valence-electron chi connectivity index (χ3n) is 5.24. The maximum atomic E-state index is 6.18. The molecule has 0 unspecified atom stereocenters. The minimum atomic E-state index is 0.528. The van der Waals surface area contributed by atoms with E-state index in [-0.39, 0.29) is 0 Å². The van der Waals surface area contributed by atoms with Crippen molar-refractivity contribution in [1.29, 1.82) is 0 Å². The predicted molar refractivity (Wildman–Crippen MR) is 75.9 cm³/mol. The lowest BCUT2D eigenvalue weighted by molar-refractivity contribution is 0.00127. The van der Waals surface area contributed by atoms with Gasteiger partial charge in [-0.05, 0) is 67.2 Å². The summed E-state index contributed by atoms with van der Waals surface area (Å²) in [5, 5.41) is 2.08. The summed E-state index contributed by atoms with van der Waals surface area (Å²) in [5.74, 6) is 4.48. The number of nitrogens with zero attached hydrogens (tertiary/aromatic N) is 1. The molecular weight excluding hydrogens is 240 g/mol. The van der Waals surface area contributed by atoms with Gasteiger partial charge in [0.1, 0.15) is 5.84 Å². The second-order valence-electron chi connectivity index (χ2n) is 6.41. The second-order valence-corrected chi connectivity index (χ2v) is 7.36.